The van der Waals surface area contributed by atoms with Crippen LogP contribution >= 0.6 is 11.6 Å². The summed E-state index contributed by atoms with van der Waals surface area (Å²) in [5, 5.41) is 1.30. The molecule has 1 heterocycles. The second kappa shape index (κ2) is 3.83. The summed E-state index contributed by atoms with van der Waals surface area (Å²) >= 11 is 5.97. The monoisotopic (exact) mass is 217 g/mol. The lowest BCUT2D eigenvalue weighted by atomic mass is 10.1. The summed E-state index contributed by atoms with van der Waals surface area (Å²) in [5.41, 5.74) is 1.04. The number of hydrogen-bond donors (Lipinski definition) is 0. The minimum atomic E-state index is -0.204. The fraction of sp³-hybridized carbons (Fsp3) is 0. The Labute approximate surface area is 92.2 Å². The minimum Gasteiger partial charge on any atom is -0.289 e. The summed E-state index contributed by atoms with van der Waals surface area (Å²) in [7, 11) is 0. The first kappa shape index (κ1) is 9.87. The number of allylic oxidation sites excluding steroid dienone is 1. The van der Waals surface area contributed by atoms with Crippen LogP contribution in [-0.2, 0) is 0 Å². The van der Waals surface area contributed by atoms with Gasteiger partial charge < -0.3 is 0 Å². The molecule has 0 aliphatic rings. The van der Waals surface area contributed by atoms with Crippen LogP contribution in [0.4, 0.5) is 0 Å². The topological polar surface area (TPSA) is 30.0 Å². The number of pyridine rings is 1. The smallest absolute Gasteiger partial charge is 0.188 e. The average Bonchev–Trinajstić information content (AvgIpc) is 2.28. The number of aromatic nitrogens is 1. The number of nitrogens with zero attached hydrogens (tertiary/aromatic N) is 1. The third kappa shape index (κ3) is 1.64. The Hall–Kier alpha value is -1.67. The molecule has 0 saturated carbocycles. The van der Waals surface area contributed by atoms with Gasteiger partial charge in [0.05, 0.1) is 16.1 Å². The lowest BCUT2D eigenvalue weighted by Gasteiger charge is -2.04. The largest absolute Gasteiger partial charge is 0.289 e. The standard InChI is InChI=1S/C12H8ClNO/c1-2-10(15)11-9(13)6-5-8-4-3-7-14-12(8)11/h2-7H,1H2. The molecule has 2 rings (SSSR count). The average molecular weight is 218 g/mol. The molecular formula is C12H8ClNO. The molecule has 0 unspecified atom stereocenters. The number of benzene rings is 1. The highest BCUT2D eigenvalue weighted by Gasteiger charge is 2.12. The van der Waals surface area contributed by atoms with Gasteiger partial charge in [-0.05, 0) is 18.2 Å². The highest BCUT2D eigenvalue weighted by Crippen LogP contribution is 2.24. The number of rotatable bonds is 2. The van der Waals surface area contributed by atoms with Gasteiger partial charge in [0.2, 0.25) is 0 Å². The first-order chi connectivity index (χ1) is 7.24. The van der Waals surface area contributed by atoms with E-state index in [4.69, 9.17) is 11.6 Å². The van der Waals surface area contributed by atoms with Gasteiger partial charge in [0, 0.05) is 11.6 Å². The van der Waals surface area contributed by atoms with Gasteiger partial charge in [-0.15, -0.1) is 0 Å². The van der Waals surface area contributed by atoms with Crippen LogP contribution in [0.1, 0.15) is 10.4 Å². The Balaban J connectivity index is 2.85. The minimum absolute atomic E-state index is 0.204. The molecule has 0 radical (unpaired) electrons. The zero-order valence-electron chi connectivity index (χ0n) is 7.90. The van der Waals surface area contributed by atoms with Crippen molar-refractivity contribution in [3.8, 4) is 0 Å². The molecule has 0 N–H and O–H groups in total. The SMILES string of the molecule is C=CC(=O)c1c(Cl)ccc2cccnc12. The first-order valence-corrected chi connectivity index (χ1v) is 4.82. The molecule has 15 heavy (non-hydrogen) atoms. The lowest BCUT2D eigenvalue weighted by Crippen LogP contribution is -1.98. The fourth-order valence-electron chi connectivity index (χ4n) is 1.46. The second-order valence-electron chi connectivity index (χ2n) is 3.07. The highest BCUT2D eigenvalue weighted by atomic mass is 35.5. The van der Waals surface area contributed by atoms with Crippen molar-refractivity contribution < 1.29 is 4.79 Å². The van der Waals surface area contributed by atoms with Crippen molar-refractivity contribution in [2.24, 2.45) is 0 Å². The van der Waals surface area contributed by atoms with E-state index >= 15 is 0 Å². The van der Waals surface area contributed by atoms with Crippen LogP contribution in [-0.4, -0.2) is 10.8 Å². The summed E-state index contributed by atoms with van der Waals surface area (Å²) in [5.74, 6) is -0.204. The fourth-order valence-corrected chi connectivity index (χ4v) is 1.70. The molecule has 2 aromatic rings. The highest BCUT2D eigenvalue weighted by molar-refractivity contribution is 6.36. The molecule has 0 aliphatic carbocycles. The summed E-state index contributed by atoms with van der Waals surface area (Å²) in [6, 6.07) is 7.24. The van der Waals surface area contributed by atoms with Crippen molar-refractivity contribution in [1.82, 2.24) is 4.98 Å². The van der Waals surface area contributed by atoms with E-state index in [9.17, 15) is 4.79 Å². The van der Waals surface area contributed by atoms with Crippen molar-refractivity contribution in [3.63, 3.8) is 0 Å². The summed E-state index contributed by atoms with van der Waals surface area (Å²) in [6.07, 6.45) is 2.88. The van der Waals surface area contributed by atoms with Crippen LogP contribution in [0.25, 0.3) is 10.9 Å². The van der Waals surface area contributed by atoms with Gasteiger partial charge in [0.15, 0.2) is 5.78 Å². The van der Waals surface area contributed by atoms with Gasteiger partial charge in [0.25, 0.3) is 0 Å². The van der Waals surface area contributed by atoms with Gasteiger partial charge in [-0.3, -0.25) is 9.78 Å². The maximum absolute atomic E-state index is 11.6. The van der Waals surface area contributed by atoms with E-state index in [0.717, 1.165) is 5.39 Å². The van der Waals surface area contributed by atoms with Crippen LogP contribution in [0.5, 0.6) is 0 Å². The van der Waals surface area contributed by atoms with Gasteiger partial charge in [-0.1, -0.05) is 30.3 Å². The number of fused-ring (bicyclic) bond motifs is 1. The number of ketones is 1. The molecule has 3 heteroatoms. The Bertz CT molecular complexity index is 548. The molecule has 2 nitrogen and oxygen atoms in total. The number of hydrogen-bond acceptors (Lipinski definition) is 2. The van der Waals surface area contributed by atoms with Crippen molar-refractivity contribution in [2.75, 3.05) is 0 Å². The normalized spacial score (nSPS) is 10.2. The summed E-state index contributed by atoms with van der Waals surface area (Å²) in [4.78, 5) is 15.8. The van der Waals surface area contributed by atoms with E-state index in [-0.39, 0.29) is 5.78 Å². The van der Waals surface area contributed by atoms with Crippen LogP contribution < -0.4 is 0 Å². The van der Waals surface area contributed by atoms with Gasteiger partial charge in [-0.25, -0.2) is 0 Å². The molecule has 1 aromatic heterocycles. The third-order valence-corrected chi connectivity index (χ3v) is 2.47. The third-order valence-electron chi connectivity index (χ3n) is 2.16. The summed E-state index contributed by atoms with van der Waals surface area (Å²) in [6.45, 7) is 3.45. The zero-order valence-corrected chi connectivity index (χ0v) is 8.66. The van der Waals surface area contributed by atoms with E-state index in [1.807, 2.05) is 18.2 Å². The first-order valence-electron chi connectivity index (χ1n) is 4.44. The predicted octanol–water partition coefficient (Wildman–Crippen LogP) is 3.26. The van der Waals surface area contributed by atoms with Gasteiger partial charge in [0.1, 0.15) is 0 Å². The van der Waals surface area contributed by atoms with E-state index in [0.29, 0.717) is 16.1 Å². The maximum atomic E-state index is 11.6. The molecule has 1 aromatic carbocycles. The molecule has 0 atom stereocenters. The Kier molecular flexibility index (Phi) is 2.52. The van der Waals surface area contributed by atoms with Crippen LogP contribution in [0, 0.1) is 0 Å². The molecule has 0 saturated heterocycles. The second-order valence-corrected chi connectivity index (χ2v) is 3.47. The number of halogens is 1. The van der Waals surface area contributed by atoms with Crippen LogP contribution in [0.15, 0.2) is 43.1 Å². The van der Waals surface area contributed by atoms with E-state index < -0.39 is 0 Å². The Morgan fingerprint density at radius 3 is 2.93 bits per heavy atom. The molecule has 0 aliphatic heterocycles. The number of carbonyl (C=O) groups is 1. The van der Waals surface area contributed by atoms with Gasteiger partial charge in [-0.2, -0.15) is 0 Å². The van der Waals surface area contributed by atoms with E-state index in [2.05, 4.69) is 11.6 Å². The molecule has 0 amide bonds. The van der Waals surface area contributed by atoms with Crippen molar-refractivity contribution in [1.29, 1.82) is 0 Å². The van der Waals surface area contributed by atoms with Crippen molar-refractivity contribution in [2.45, 2.75) is 0 Å². The van der Waals surface area contributed by atoms with Crippen LogP contribution in [0.3, 0.4) is 0 Å². The maximum Gasteiger partial charge on any atom is 0.188 e. The molecule has 0 bridgehead atoms. The lowest BCUT2D eigenvalue weighted by molar-refractivity contribution is 0.104. The summed E-state index contributed by atoms with van der Waals surface area (Å²) < 4.78 is 0. The Morgan fingerprint density at radius 1 is 1.40 bits per heavy atom. The predicted molar refractivity (Wildman–Crippen MR) is 61.3 cm³/mol. The van der Waals surface area contributed by atoms with Crippen molar-refractivity contribution >= 4 is 28.3 Å². The van der Waals surface area contributed by atoms with E-state index in [1.54, 1.807) is 12.3 Å². The van der Waals surface area contributed by atoms with Crippen LogP contribution in [0.2, 0.25) is 5.02 Å². The van der Waals surface area contributed by atoms with Crippen molar-refractivity contribution in [3.05, 3.63) is 53.7 Å². The molecule has 0 spiro atoms. The quantitative estimate of drug-likeness (QED) is 0.571. The Morgan fingerprint density at radius 2 is 2.20 bits per heavy atom. The molecule has 74 valence electrons. The number of carbonyl (C=O) groups excluding carboxylic acids is 1. The molecule has 0 fully saturated rings. The molecular weight excluding hydrogens is 210 g/mol. The van der Waals surface area contributed by atoms with E-state index in [1.165, 1.54) is 6.08 Å². The zero-order chi connectivity index (χ0) is 10.8. The van der Waals surface area contributed by atoms with Gasteiger partial charge >= 0.3 is 0 Å².